The Hall–Kier alpha value is -2.31. The number of likely N-dealkylation sites (N-methyl/N-ethyl adjacent to an activating group) is 1. The molecule has 2 heterocycles. The minimum atomic E-state index is -0.614. The number of rotatable bonds is 6. The van der Waals surface area contributed by atoms with Gasteiger partial charge in [-0.3, -0.25) is 14.7 Å². The number of carbonyl (C=O) groups excluding carboxylic acids is 1. The Kier molecular flexibility index (Phi) is 6.53. The molecule has 6 heteroatoms. The van der Waals surface area contributed by atoms with Crippen molar-refractivity contribution in [2.45, 2.75) is 31.6 Å². The normalized spacial score (nSPS) is 16.5. The number of nitrogens with zero attached hydrogens (tertiary/aromatic N) is 3. The molecule has 1 amide bonds. The lowest BCUT2D eigenvalue weighted by atomic mass is 10.0. The quantitative estimate of drug-likeness (QED) is 0.783. The van der Waals surface area contributed by atoms with Crippen LogP contribution in [0.1, 0.15) is 30.1 Å². The number of hydrogen-bond donors (Lipinski definition) is 0. The van der Waals surface area contributed by atoms with Gasteiger partial charge in [-0.05, 0) is 45.1 Å². The molecule has 2 aromatic rings. The molecular weight excluding hydrogens is 345 g/mol. The molecule has 1 aromatic heterocycles. The second-order valence-corrected chi connectivity index (χ2v) is 7.04. The van der Waals surface area contributed by atoms with Crippen LogP contribution in [0.4, 0.5) is 4.39 Å². The number of halogens is 1. The van der Waals surface area contributed by atoms with Gasteiger partial charge in [0.25, 0.3) is 0 Å². The summed E-state index contributed by atoms with van der Waals surface area (Å²) in [6, 6.07) is 11.6. The van der Waals surface area contributed by atoms with E-state index in [2.05, 4.69) is 4.98 Å². The molecule has 0 saturated carbocycles. The molecule has 5 nitrogen and oxygen atoms in total. The number of amides is 1. The molecule has 27 heavy (non-hydrogen) atoms. The minimum Gasteiger partial charge on any atom is -0.372 e. The lowest BCUT2D eigenvalue weighted by Gasteiger charge is -2.36. The Morgan fingerprint density at radius 1 is 1.22 bits per heavy atom. The highest BCUT2D eigenvalue weighted by molar-refractivity contribution is 5.83. The van der Waals surface area contributed by atoms with Gasteiger partial charge in [-0.1, -0.05) is 24.3 Å². The van der Waals surface area contributed by atoms with E-state index >= 15 is 0 Å². The van der Waals surface area contributed by atoms with Crippen LogP contribution in [0.3, 0.4) is 0 Å². The molecule has 1 aliphatic heterocycles. The predicted molar refractivity (Wildman–Crippen MR) is 101 cm³/mol. The zero-order valence-corrected chi connectivity index (χ0v) is 15.8. The zero-order valence-electron chi connectivity index (χ0n) is 15.8. The summed E-state index contributed by atoms with van der Waals surface area (Å²) < 4.78 is 20.2. The zero-order chi connectivity index (χ0) is 19.2. The molecule has 3 rings (SSSR count). The van der Waals surface area contributed by atoms with Crippen LogP contribution in [-0.2, 0) is 16.1 Å². The Morgan fingerprint density at radius 2 is 1.93 bits per heavy atom. The third-order valence-corrected chi connectivity index (χ3v) is 4.90. The first-order valence-corrected chi connectivity index (χ1v) is 9.27. The summed E-state index contributed by atoms with van der Waals surface area (Å²) in [4.78, 5) is 20.9. The van der Waals surface area contributed by atoms with Crippen molar-refractivity contribution in [2.24, 2.45) is 0 Å². The number of benzene rings is 1. The predicted octanol–water partition coefficient (Wildman–Crippen LogP) is 3.03. The van der Waals surface area contributed by atoms with E-state index in [0.29, 0.717) is 25.3 Å². The van der Waals surface area contributed by atoms with E-state index in [1.807, 2.05) is 23.1 Å². The standard InChI is InChI=1S/C21H26FN3O2/c1-24(2)20(18-8-3-4-9-19(18)22)21(26)25-13-10-17(11-14-25)27-15-16-7-5-6-12-23-16/h3-9,12,17,20H,10-11,13-15H2,1-2H3. The number of pyridine rings is 1. The van der Waals surface area contributed by atoms with E-state index in [0.717, 1.165) is 18.5 Å². The van der Waals surface area contributed by atoms with Crippen LogP contribution in [0.25, 0.3) is 0 Å². The van der Waals surface area contributed by atoms with Crippen LogP contribution >= 0.6 is 0 Å². The number of piperidine rings is 1. The van der Waals surface area contributed by atoms with Gasteiger partial charge >= 0.3 is 0 Å². The summed E-state index contributed by atoms with van der Waals surface area (Å²) in [5.41, 5.74) is 1.32. The fourth-order valence-electron chi connectivity index (χ4n) is 3.43. The van der Waals surface area contributed by atoms with Crippen molar-refractivity contribution in [3.63, 3.8) is 0 Å². The van der Waals surface area contributed by atoms with E-state index in [4.69, 9.17) is 4.74 Å². The molecule has 0 radical (unpaired) electrons. The number of carbonyl (C=O) groups is 1. The first-order chi connectivity index (χ1) is 13.1. The lowest BCUT2D eigenvalue weighted by molar-refractivity contribution is -0.139. The van der Waals surface area contributed by atoms with Crippen molar-refractivity contribution in [3.05, 3.63) is 65.7 Å². The molecule has 0 spiro atoms. The van der Waals surface area contributed by atoms with Crippen LogP contribution in [0.15, 0.2) is 48.7 Å². The molecule has 1 aliphatic rings. The molecule has 0 aliphatic carbocycles. The van der Waals surface area contributed by atoms with E-state index < -0.39 is 6.04 Å². The van der Waals surface area contributed by atoms with E-state index in [9.17, 15) is 9.18 Å². The van der Waals surface area contributed by atoms with Gasteiger partial charge in [-0.2, -0.15) is 0 Å². The minimum absolute atomic E-state index is 0.0618. The summed E-state index contributed by atoms with van der Waals surface area (Å²) in [7, 11) is 3.61. The summed E-state index contributed by atoms with van der Waals surface area (Å²) in [5, 5.41) is 0. The molecule has 1 atom stereocenters. The van der Waals surface area contributed by atoms with Crippen molar-refractivity contribution in [2.75, 3.05) is 27.2 Å². The number of hydrogen-bond acceptors (Lipinski definition) is 4. The Balaban J connectivity index is 1.57. The third kappa shape index (κ3) is 4.90. The van der Waals surface area contributed by atoms with Gasteiger partial charge in [-0.25, -0.2) is 4.39 Å². The first kappa shape index (κ1) is 19.5. The topological polar surface area (TPSA) is 45.7 Å². The van der Waals surface area contributed by atoms with Gasteiger partial charge in [0.2, 0.25) is 5.91 Å². The molecule has 1 fully saturated rings. The molecular formula is C21H26FN3O2. The van der Waals surface area contributed by atoms with Crippen molar-refractivity contribution < 1.29 is 13.9 Å². The van der Waals surface area contributed by atoms with Crippen molar-refractivity contribution in [3.8, 4) is 0 Å². The van der Waals surface area contributed by atoms with Gasteiger partial charge in [0.1, 0.15) is 11.9 Å². The van der Waals surface area contributed by atoms with Gasteiger partial charge in [0, 0.05) is 24.8 Å². The SMILES string of the molecule is CN(C)C(C(=O)N1CCC(OCc2ccccn2)CC1)c1ccccc1F. The van der Waals surface area contributed by atoms with Crippen LogP contribution < -0.4 is 0 Å². The van der Waals surface area contributed by atoms with Crippen LogP contribution in [0.5, 0.6) is 0 Å². The lowest BCUT2D eigenvalue weighted by Crippen LogP contribution is -2.46. The van der Waals surface area contributed by atoms with Crippen LogP contribution in [0.2, 0.25) is 0 Å². The van der Waals surface area contributed by atoms with Crippen molar-refractivity contribution in [1.29, 1.82) is 0 Å². The number of likely N-dealkylation sites (tertiary alicyclic amines) is 1. The summed E-state index contributed by atoms with van der Waals surface area (Å²) >= 11 is 0. The second kappa shape index (κ2) is 9.06. The second-order valence-electron chi connectivity index (χ2n) is 7.04. The number of aromatic nitrogens is 1. The van der Waals surface area contributed by atoms with Gasteiger partial charge < -0.3 is 9.64 Å². The fourth-order valence-corrected chi connectivity index (χ4v) is 3.43. The third-order valence-electron chi connectivity index (χ3n) is 4.90. The van der Waals surface area contributed by atoms with Gasteiger partial charge in [0.05, 0.1) is 18.4 Å². The maximum absolute atomic E-state index is 14.2. The summed E-state index contributed by atoms with van der Waals surface area (Å²) in [5.74, 6) is -0.411. The Morgan fingerprint density at radius 3 is 2.56 bits per heavy atom. The molecule has 1 saturated heterocycles. The van der Waals surface area contributed by atoms with E-state index in [1.54, 1.807) is 43.4 Å². The highest BCUT2D eigenvalue weighted by Gasteiger charge is 2.32. The van der Waals surface area contributed by atoms with Crippen molar-refractivity contribution >= 4 is 5.91 Å². The van der Waals surface area contributed by atoms with Crippen LogP contribution in [0, 0.1) is 5.82 Å². The van der Waals surface area contributed by atoms with E-state index in [-0.39, 0.29) is 17.8 Å². The monoisotopic (exact) mass is 371 g/mol. The maximum Gasteiger partial charge on any atom is 0.244 e. The first-order valence-electron chi connectivity index (χ1n) is 9.27. The van der Waals surface area contributed by atoms with Crippen LogP contribution in [-0.4, -0.2) is 54.0 Å². The summed E-state index contributed by atoms with van der Waals surface area (Å²) in [6.45, 7) is 1.71. The number of ether oxygens (including phenoxy) is 1. The highest BCUT2D eigenvalue weighted by atomic mass is 19.1. The van der Waals surface area contributed by atoms with Gasteiger partial charge in [-0.15, -0.1) is 0 Å². The largest absolute Gasteiger partial charge is 0.372 e. The van der Waals surface area contributed by atoms with E-state index in [1.165, 1.54) is 6.07 Å². The molecule has 1 aromatic carbocycles. The maximum atomic E-state index is 14.2. The Labute approximate surface area is 159 Å². The average molecular weight is 371 g/mol. The Bertz CT molecular complexity index is 746. The molecule has 0 bridgehead atoms. The highest BCUT2D eigenvalue weighted by Crippen LogP contribution is 2.26. The molecule has 144 valence electrons. The fraction of sp³-hybridized carbons (Fsp3) is 0.429. The molecule has 0 N–H and O–H groups in total. The summed E-state index contributed by atoms with van der Waals surface area (Å²) in [6.07, 6.45) is 3.41. The van der Waals surface area contributed by atoms with Gasteiger partial charge in [0.15, 0.2) is 0 Å². The smallest absolute Gasteiger partial charge is 0.244 e. The molecule has 1 unspecified atom stereocenters. The average Bonchev–Trinajstić information content (AvgIpc) is 2.69. The van der Waals surface area contributed by atoms with Crippen molar-refractivity contribution in [1.82, 2.24) is 14.8 Å².